The van der Waals surface area contributed by atoms with E-state index in [1.54, 1.807) is 0 Å². The Kier molecular flexibility index (Phi) is 8.24. The third-order valence-corrected chi connectivity index (χ3v) is 10.3. The van der Waals surface area contributed by atoms with E-state index in [2.05, 4.69) is 102 Å². The maximum atomic E-state index is 14.4. The van der Waals surface area contributed by atoms with Crippen LogP contribution < -0.4 is 0 Å². The summed E-state index contributed by atoms with van der Waals surface area (Å²) in [5.74, 6) is 1.23. The van der Waals surface area contributed by atoms with Crippen LogP contribution in [0.15, 0.2) is 60.7 Å². The van der Waals surface area contributed by atoms with Gasteiger partial charge in [-0.2, -0.15) is 0 Å². The second-order valence-corrected chi connectivity index (χ2v) is 14.0. The number of hydrogen-bond donors (Lipinski definition) is 0. The van der Waals surface area contributed by atoms with Crippen molar-refractivity contribution in [3.8, 4) is 11.1 Å². The molecule has 2 aliphatic heterocycles. The molecule has 1 amide bonds. The summed E-state index contributed by atoms with van der Waals surface area (Å²) in [6.07, 6.45) is 4.20. The number of carbonyl (C=O) groups excluding carboxylic acids is 2. The van der Waals surface area contributed by atoms with Crippen LogP contribution in [0.5, 0.6) is 0 Å². The van der Waals surface area contributed by atoms with Crippen molar-refractivity contribution in [2.24, 2.45) is 5.92 Å². The average Bonchev–Trinajstić information content (AvgIpc) is 3.31. The molecule has 43 heavy (non-hydrogen) atoms. The van der Waals surface area contributed by atoms with Gasteiger partial charge in [0.25, 0.3) is 0 Å². The summed E-state index contributed by atoms with van der Waals surface area (Å²) in [5, 5.41) is 0. The molecule has 226 valence electrons. The summed E-state index contributed by atoms with van der Waals surface area (Å²) in [6, 6.07) is 21.6. The SMILES string of the molecule is CC(C)c1cc(C(C)C)c(C(=O)C2CC3CCCC(C2)N3C(=O)OCC2c3ccccc3-c3ccccc32)c(C(C)C)c1. The van der Waals surface area contributed by atoms with Crippen molar-refractivity contribution in [1.82, 2.24) is 4.90 Å². The third-order valence-electron chi connectivity index (χ3n) is 10.3. The second kappa shape index (κ2) is 11.9. The van der Waals surface area contributed by atoms with Gasteiger partial charge in [0.05, 0.1) is 0 Å². The van der Waals surface area contributed by atoms with Crippen molar-refractivity contribution in [2.45, 2.75) is 109 Å². The Morgan fingerprint density at radius 2 is 1.28 bits per heavy atom. The van der Waals surface area contributed by atoms with E-state index in [1.165, 1.54) is 38.9 Å². The van der Waals surface area contributed by atoms with Gasteiger partial charge >= 0.3 is 6.09 Å². The molecule has 2 heterocycles. The molecule has 2 bridgehead atoms. The molecular weight excluding hydrogens is 530 g/mol. The molecule has 4 nitrogen and oxygen atoms in total. The van der Waals surface area contributed by atoms with E-state index in [1.807, 2.05) is 4.90 Å². The van der Waals surface area contributed by atoms with Crippen LogP contribution >= 0.6 is 0 Å². The summed E-state index contributed by atoms with van der Waals surface area (Å²) in [4.78, 5) is 30.2. The van der Waals surface area contributed by atoms with Crippen LogP contribution in [0.1, 0.15) is 135 Å². The Morgan fingerprint density at radius 1 is 0.767 bits per heavy atom. The van der Waals surface area contributed by atoms with Gasteiger partial charge in [-0.1, -0.05) is 102 Å². The van der Waals surface area contributed by atoms with Gasteiger partial charge in [-0.15, -0.1) is 0 Å². The molecule has 0 N–H and O–H groups in total. The van der Waals surface area contributed by atoms with Crippen LogP contribution in [0.4, 0.5) is 4.79 Å². The van der Waals surface area contributed by atoms with Gasteiger partial charge in [0.2, 0.25) is 0 Å². The highest BCUT2D eigenvalue weighted by atomic mass is 16.6. The van der Waals surface area contributed by atoms with Crippen LogP contribution in [0.25, 0.3) is 11.1 Å². The Hall–Kier alpha value is -3.40. The van der Waals surface area contributed by atoms with Crippen molar-refractivity contribution >= 4 is 11.9 Å². The maximum absolute atomic E-state index is 14.4. The molecule has 0 spiro atoms. The van der Waals surface area contributed by atoms with E-state index in [0.29, 0.717) is 12.5 Å². The maximum Gasteiger partial charge on any atom is 0.410 e. The highest BCUT2D eigenvalue weighted by molar-refractivity contribution is 6.01. The van der Waals surface area contributed by atoms with Crippen LogP contribution in [0.2, 0.25) is 0 Å². The number of Topliss-reactive ketones (excluding diaryl/α,β-unsaturated/α-hetero) is 1. The highest BCUT2D eigenvalue weighted by Gasteiger charge is 2.45. The summed E-state index contributed by atoms with van der Waals surface area (Å²) >= 11 is 0. The van der Waals surface area contributed by atoms with Gasteiger partial charge in [-0.25, -0.2) is 4.79 Å². The van der Waals surface area contributed by atoms with E-state index in [9.17, 15) is 9.59 Å². The molecule has 3 aromatic carbocycles. The molecule has 3 aromatic rings. The van der Waals surface area contributed by atoms with Gasteiger partial charge in [0.15, 0.2) is 5.78 Å². The number of amides is 1. The molecular formula is C39H47NO3. The predicted molar refractivity (Wildman–Crippen MR) is 174 cm³/mol. The molecule has 3 aliphatic rings. The van der Waals surface area contributed by atoms with Crippen molar-refractivity contribution in [2.75, 3.05) is 6.61 Å². The Morgan fingerprint density at radius 3 is 1.77 bits per heavy atom. The first-order valence-electron chi connectivity index (χ1n) is 16.5. The second-order valence-electron chi connectivity index (χ2n) is 14.0. The molecule has 2 atom stereocenters. The van der Waals surface area contributed by atoms with E-state index in [0.717, 1.165) is 37.7 Å². The summed E-state index contributed by atoms with van der Waals surface area (Å²) in [7, 11) is 0. The van der Waals surface area contributed by atoms with Crippen molar-refractivity contribution in [1.29, 1.82) is 0 Å². The first-order valence-corrected chi connectivity index (χ1v) is 16.5. The normalized spacial score (nSPS) is 21.3. The fraction of sp³-hybridized carbons (Fsp3) is 0.487. The molecule has 2 unspecified atom stereocenters. The van der Waals surface area contributed by atoms with Crippen molar-refractivity contribution in [3.05, 3.63) is 94.0 Å². The number of hydrogen-bond acceptors (Lipinski definition) is 3. The highest BCUT2D eigenvalue weighted by Crippen LogP contribution is 2.45. The van der Waals surface area contributed by atoms with Gasteiger partial charge < -0.3 is 9.64 Å². The number of piperidine rings is 2. The fourth-order valence-corrected chi connectivity index (χ4v) is 8.01. The smallest absolute Gasteiger partial charge is 0.410 e. The van der Waals surface area contributed by atoms with Crippen LogP contribution in [-0.4, -0.2) is 35.5 Å². The molecule has 6 rings (SSSR count). The van der Waals surface area contributed by atoms with E-state index >= 15 is 0 Å². The Bertz CT molecular complexity index is 1430. The first kappa shape index (κ1) is 29.7. The number of fused-ring (bicyclic) bond motifs is 5. The van der Waals surface area contributed by atoms with E-state index in [-0.39, 0.29) is 47.6 Å². The number of rotatable bonds is 7. The Labute approximate surface area is 257 Å². The Balaban J connectivity index is 1.21. The number of benzene rings is 3. The molecule has 1 aliphatic carbocycles. The number of ether oxygens (including phenoxy) is 1. The zero-order valence-electron chi connectivity index (χ0n) is 26.7. The topological polar surface area (TPSA) is 46.6 Å². The van der Waals surface area contributed by atoms with Crippen LogP contribution in [0.3, 0.4) is 0 Å². The quantitative estimate of drug-likeness (QED) is 0.263. The fourth-order valence-electron chi connectivity index (χ4n) is 8.01. The number of carbonyl (C=O) groups is 2. The third kappa shape index (κ3) is 5.43. The lowest BCUT2D eigenvalue weighted by Gasteiger charge is -2.48. The minimum atomic E-state index is -0.213. The van der Waals surface area contributed by atoms with Crippen molar-refractivity contribution < 1.29 is 14.3 Å². The summed E-state index contributed by atoms with van der Waals surface area (Å²) in [6.45, 7) is 13.6. The lowest BCUT2D eigenvalue weighted by atomic mass is 9.73. The monoisotopic (exact) mass is 577 g/mol. The lowest BCUT2D eigenvalue weighted by Crippen LogP contribution is -2.56. The number of nitrogens with zero attached hydrogens (tertiary/aromatic N) is 1. The molecule has 0 aromatic heterocycles. The van der Waals surface area contributed by atoms with Crippen LogP contribution in [-0.2, 0) is 4.74 Å². The predicted octanol–water partition coefficient (Wildman–Crippen LogP) is 9.82. The molecule has 0 radical (unpaired) electrons. The minimum absolute atomic E-state index is 0.0491. The minimum Gasteiger partial charge on any atom is -0.448 e. The van der Waals surface area contributed by atoms with Crippen LogP contribution in [0, 0.1) is 5.92 Å². The van der Waals surface area contributed by atoms with E-state index < -0.39 is 0 Å². The largest absolute Gasteiger partial charge is 0.448 e. The van der Waals surface area contributed by atoms with Gasteiger partial charge in [-0.05, 0) is 88.8 Å². The molecule has 2 saturated heterocycles. The standard InChI is InChI=1S/C39H47NO3/c1-23(2)26-20-34(24(3)4)37(35(21-26)25(5)6)38(41)27-18-28-12-11-13-29(19-27)40(28)39(42)43-22-36-32-16-9-7-14-30(32)31-15-8-10-17-33(31)36/h7-10,14-17,20-21,23-25,27-29,36H,11-13,18-19,22H2,1-6H3. The molecule has 0 saturated carbocycles. The van der Waals surface area contributed by atoms with Gasteiger partial charge in [0, 0.05) is 29.5 Å². The first-order chi connectivity index (χ1) is 20.7. The summed E-state index contributed by atoms with van der Waals surface area (Å²) in [5.41, 5.74) is 9.56. The zero-order chi connectivity index (χ0) is 30.4. The van der Waals surface area contributed by atoms with Crippen molar-refractivity contribution in [3.63, 3.8) is 0 Å². The lowest BCUT2D eigenvalue weighted by molar-refractivity contribution is 0.00646. The zero-order valence-corrected chi connectivity index (χ0v) is 26.7. The van der Waals surface area contributed by atoms with Gasteiger partial charge in [-0.3, -0.25) is 4.79 Å². The average molecular weight is 578 g/mol. The summed E-state index contributed by atoms with van der Waals surface area (Å²) < 4.78 is 6.13. The van der Waals surface area contributed by atoms with E-state index in [4.69, 9.17) is 4.74 Å². The molecule has 2 fully saturated rings. The number of ketones is 1. The van der Waals surface area contributed by atoms with Gasteiger partial charge in [0.1, 0.15) is 6.61 Å². The molecule has 4 heteroatoms.